The fourth-order valence-corrected chi connectivity index (χ4v) is 3.03. The number of carbonyl (C=O) groups is 1. The lowest BCUT2D eigenvalue weighted by Gasteiger charge is -2.18. The number of hydrogen-bond donors (Lipinski definition) is 1. The molecule has 2 aliphatic rings. The molecule has 4 heteroatoms. The lowest BCUT2D eigenvalue weighted by molar-refractivity contribution is -0.122. The number of aryl methyl sites for hydroxylation is 1. The Balaban J connectivity index is 1.68. The number of nitrogens with one attached hydrogen (secondary N) is 1. The van der Waals surface area contributed by atoms with E-state index < -0.39 is 0 Å². The van der Waals surface area contributed by atoms with Gasteiger partial charge in [0.25, 0.3) is 0 Å². The van der Waals surface area contributed by atoms with Crippen molar-refractivity contribution in [2.24, 2.45) is 13.0 Å². The summed E-state index contributed by atoms with van der Waals surface area (Å²) in [4.78, 5) is 16.4. The first-order valence-electron chi connectivity index (χ1n) is 5.99. The monoisotopic (exact) mass is 219 g/mol. The third-order valence-electron chi connectivity index (χ3n) is 3.97. The summed E-state index contributed by atoms with van der Waals surface area (Å²) in [5.74, 6) is 1.47. The van der Waals surface area contributed by atoms with Crippen LogP contribution in [0.4, 0.5) is 0 Å². The summed E-state index contributed by atoms with van der Waals surface area (Å²) in [5.41, 5.74) is 0. The summed E-state index contributed by atoms with van der Waals surface area (Å²) >= 11 is 0. The zero-order valence-electron chi connectivity index (χ0n) is 9.52. The van der Waals surface area contributed by atoms with Gasteiger partial charge in [0.2, 0.25) is 0 Å². The van der Waals surface area contributed by atoms with Gasteiger partial charge >= 0.3 is 0 Å². The van der Waals surface area contributed by atoms with Crippen LogP contribution < -0.4 is 5.32 Å². The van der Waals surface area contributed by atoms with Crippen LogP contribution in [0.15, 0.2) is 12.4 Å². The molecule has 3 unspecified atom stereocenters. The Hall–Kier alpha value is -1.16. The quantitative estimate of drug-likeness (QED) is 0.813. The van der Waals surface area contributed by atoms with Gasteiger partial charge in [-0.1, -0.05) is 0 Å². The van der Waals surface area contributed by atoms with Crippen LogP contribution in [0.5, 0.6) is 0 Å². The molecule has 86 valence electrons. The number of aromatic nitrogens is 2. The summed E-state index contributed by atoms with van der Waals surface area (Å²) in [6, 6.07) is 1.04. The lowest BCUT2D eigenvalue weighted by Crippen LogP contribution is -2.30. The highest BCUT2D eigenvalue weighted by Gasteiger charge is 2.42. The molecule has 3 rings (SSSR count). The van der Waals surface area contributed by atoms with E-state index in [4.69, 9.17) is 0 Å². The van der Waals surface area contributed by atoms with Gasteiger partial charge in [-0.25, -0.2) is 4.98 Å². The molecule has 2 fully saturated rings. The maximum atomic E-state index is 12.2. The molecule has 1 N–H and O–H groups in total. The molecule has 16 heavy (non-hydrogen) atoms. The maximum absolute atomic E-state index is 12.2. The van der Waals surface area contributed by atoms with Crippen LogP contribution in [-0.4, -0.2) is 27.4 Å². The van der Waals surface area contributed by atoms with Crippen molar-refractivity contribution in [3.63, 3.8) is 0 Å². The lowest BCUT2D eigenvalue weighted by atomic mass is 9.85. The minimum atomic E-state index is 0.232. The van der Waals surface area contributed by atoms with Gasteiger partial charge < -0.3 is 9.88 Å². The minimum Gasteiger partial charge on any atom is -0.338 e. The minimum absolute atomic E-state index is 0.232. The van der Waals surface area contributed by atoms with Gasteiger partial charge in [0.05, 0.1) is 6.42 Å². The molecule has 0 aliphatic carbocycles. The summed E-state index contributed by atoms with van der Waals surface area (Å²) in [6.07, 6.45) is 7.58. The van der Waals surface area contributed by atoms with Gasteiger partial charge in [-0.15, -0.1) is 0 Å². The number of rotatable bonds is 3. The first-order valence-corrected chi connectivity index (χ1v) is 5.99. The molecule has 3 atom stereocenters. The normalized spacial score (nSPS) is 32.2. The van der Waals surface area contributed by atoms with Crippen molar-refractivity contribution in [2.75, 3.05) is 0 Å². The number of ketones is 1. The summed E-state index contributed by atoms with van der Waals surface area (Å²) in [6.45, 7) is 0. The Labute approximate surface area is 95.1 Å². The van der Waals surface area contributed by atoms with Crippen LogP contribution in [0.25, 0.3) is 0 Å². The predicted octanol–water partition coefficient (Wildman–Crippen LogP) is 0.672. The van der Waals surface area contributed by atoms with E-state index >= 15 is 0 Å². The van der Waals surface area contributed by atoms with Crippen molar-refractivity contribution in [3.8, 4) is 0 Å². The second kappa shape index (κ2) is 3.70. The first kappa shape index (κ1) is 10.0. The van der Waals surface area contributed by atoms with E-state index in [-0.39, 0.29) is 5.92 Å². The third kappa shape index (κ3) is 1.57. The zero-order chi connectivity index (χ0) is 11.1. The Morgan fingerprint density at radius 2 is 2.50 bits per heavy atom. The number of imidazole rings is 1. The van der Waals surface area contributed by atoms with E-state index in [1.54, 1.807) is 6.20 Å². The molecular weight excluding hydrogens is 202 g/mol. The molecule has 1 aromatic heterocycles. The summed E-state index contributed by atoms with van der Waals surface area (Å²) in [5, 5.41) is 3.50. The van der Waals surface area contributed by atoms with Crippen molar-refractivity contribution in [1.82, 2.24) is 14.9 Å². The van der Waals surface area contributed by atoms with Gasteiger partial charge in [0.1, 0.15) is 11.6 Å². The van der Waals surface area contributed by atoms with Crippen LogP contribution >= 0.6 is 0 Å². The number of hydrogen-bond acceptors (Lipinski definition) is 3. The highest BCUT2D eigenvalue weighted by Crippen LogP contribution is 2.34. The molecule has 0 radical (unpaired) electrons. The molecule has 2 saturated heterocycles. The van der Waals surface area contributed by atoms with E-state index in [1.807, 2.05) is 17.8 Å². The Bertz CT molecular complexity index is 412. The first-order chi connectivity index (χ1) is 7.74. The summed E-state index contributed by atoms with van der Waals surface area (Å²) in [7, 11) is 1.94. The fraction of sp³-hybridized carbons (Fsp3) is 0.667. The average molecular weight is 219 g/mol. The molecular formula is C12H17N3O. The van der Waals surface area contributed by atoms with Crippen molar-refractivity contribution in [1.29, 1.82) is 0 Å². The van der Waals surface area contributed by atoms with Crippen LogP contribution in [0.3, 0.4) is 0 Å². The highest BCUT2D eigenvalue weighted by molar-refractivity contribution is 5.83. The SMILES string of the molecule is Cn1ccnc1CC(=O)C1CC2CCC1N2. The number of carbonyl (C=O) groups excluding carboxylic acids is 1. The van der Waals surface area contributed by atoms with Crippen molar-refractivity contribution in [2.45, 2.75) is 37.8 Å². The molecule has 1 aromatic rings. The van der Waals surface area contributed by atoms with Gasteiger partial charge in [-0.2, -0.15) is 0 Å². The zero-order valence-corrected chi connectivity index (χ0v) is 9.52. The molecule has 4 nitrogen and oxygen atoms in total. The van der Waals surface area contributed by atoms with Crippen molar-refractivity contribution >= 4 is 5.78 Å². The van der Waals surface area contributed by atoms with Gasteiger partial charge in [0, 0.05) is 37.4 Å². The van der Waals surface area contributed by atoms with Gasteiger partial charge in [0.15, 0.2) is 0 Å². The highest BCUT2D eigenvalue weighted by atomic mass is 16.1. The van der Waals surface area contributed by atoms with E-state index in [9.17, 15) is 4.79 Å². The van der Waals surface area contributed by atoms with Crippen LogP contribution in [-0.2, 0) is 18.3 Å². The Morgan fingerprint density at radius 3 is 3.06 bits per heavy atom. The molecule has 3 heterocycles. The molecule has 0 aromatic carbocycles. The largest absolute Gasteiger partial charge is 0.338 e. The molecule has 0 amide bonds. The number of fused-ring (bicyclic) bond motifs is 2. The van der Waals surface area contributed by atoms with E-state index in [2.05, 4.69) is 10.3 Å². The third-order valence-corrected chi connectivity index (χ3v) is 3.97. The van der Waals surface area contributed by atoms with Crippen LogP contribution in [0, 0.1) is 5.92 Å². The average Bonchev–Trinajstić information content (AvgIpc) is 2.95. The molecule has 0 spiro atoms. The number of Topliss-reactive ketones (excluding diaryl/α,β-unsaturated/α-hetero) is 1. The standard InChI is InChI=1S/C12H17N3O/c1-15-5-4-13-12(15)7-11(16)9-6-8-2-3-10(9)14-8/h4-5,8-10,14H,2-3,6-7H2,1H3. The van der Waals surface area contributed by atoms with E-state index in [0.717, 1.165) is 12.2 Å². The molecule has 0 saturated carbocycles. The Kier molecular flexibility index (Phi) is 2.32. The Morgan fingerprint density at radius 1 is 1.62 bits per heavy atom. The fourth-order valence-electron chi connectivity index (χ4n) is 3.03. The second-order valence-electron chi connectivity index (χ2n) is 4.99. The topological polar surface area (TPSA) is 46.9 Å². The van der Waals surface area contributed by atoms with Crippen LogP contribution in [0.2, 0.25) is 0 Å². The predicted molar refractivity (Wildman–Crippen MR) is 60.0 cm³/mol. The van der Waals surface area contributed by atoms with E-state index in [1.165, 1.54) is 12.8 Å². The summed E-state index contributed by atoms with van der Waals surface area (Å²) < 4.78 is 1.93. The second-order valence-corrected chi connectivity index (χ2v) is 4.99. The van der Waals surface area contributed by atoms with Crippen molar-refractivity contribution < 1.29 is 4.79 Å². The molecule has 2 aliphatic heterocycles. The number of nitrogens with zero attached hydrogens (tertiary/aromatic N) is 2. The van der Waals surface area contributed by atoms with Crippen molar-refractivity contribution in [3.05, 3.63) is 18.2 Å². The van der Waals surface area contributed by atoms with Gasteiger partial charge in [-0.3, -0.25) is 4.79 Å². The van der Waals surface area contributed by atoms with Gasteiger partial charge in [-0.05, 0) is 19.3 Å². The van der Waals surface area contributed by atoms with E-state index in [0.29, 0.717) is 24.3 Å². The molecule has 2 bridgehead atoms. The van der Waals surface area contributed by atoms with Crippen LogP contribution in [0.1, 0.15) is 25.1 Å². The maximum Gasteiger partial charge on any atom is 0.145 e. The smallest absolute Gasteiger partial charge is 0.145 e.